The average molecular weight is 232 g/mol. The van der Waals surface area contributed by atoms with Crippen LogP contribution in [0.4, 0.5) is 4.79 Å². The first kappa shape index (κ1) is 14.5. The Bertz CT molecular complexity index is 175. The monoisotopic (exact) mass is 232 g/mol. The second-order valence-corrected chi connectivity index (χ2v) is 9.16. The fourth-order valence-corrected chi connectivity index (χ4v) is 1.70. The molecule has 4 heteroatoms. The molecule has 0 heterocycles. The van der Waals surface area contributed by atoms with Gasteiger partial charge in [-0.05, 0) is 26.1 Å². The minimum Gasteiger partial charge on any atom is -0.490 e. The molecule has 0 saturated carbocycles. The number of ether oxygens (including phenoxy) is 1. The number of hydrogen-bond acceptors (Lipinski definition) is 3. The van der Waals surface area contributed by atoms with Crippen molar-refractivity contribution in [2.75, 3.05) is 6.61 Å². The van der Waals surface area contributed by atoms with Gasteiger partial charge in [0.05, 0.1) is 6.61 Å². The molecule has 0 fully saturated rings. The Hall–Kier alpha value is -0.513. The van der Waals surface area contributed by atoms with E-state index < -0.39 is 14.5 Å². The Balaban J connectivity index is 3.32. The van der Waals surface area contributed by atoms with Crippen molar-refractivity contribution < 1.29 is 14.0 Å². The molecule has 0 aromatic rings. The Labute approximate surface area is 94.3 Å². The first-order valence-corrected chi connectivity index (χ1v) is 9.22. The van der Waals surface area contributed by atoms with Gasteiger partial charge < -0.3 is 9.16 Å². The lowest BCUT2D eigenvalue weighted by atomic mass is 10.2. The third-order valence-corrected chi connectivity index (χ3v) is 2.64. The van der Waals surface area contributed by atoms with Crippen molar-refractivity contribution in [2.45, 2.75) is 58.7 Å². The Morgan fingerprint density at radius 2 is 1.67 bits per heavy atom. The highest BCUT2D eigenvalue weighted by atomic mass is 28.4. The van der Waals surface area contributed by atoms with E-state index in [0.717, 1.165) is 12.8 Å². The maximum Gasteiger partial charge on any atom is 0.494 e. The maximum absolute atomic E-state index is 11.1. The molecule has 0 bridgehead atoms. The fourth-order valence-electron chi connectivity index (χ4n) is 1.14. The topological polar surface area (TPSA) is 35.5 Å². The summed E-state index contributed by atoms with van der Waals surface area (Å²) in [4.78, 5) is 11.1. The first-order chi connectivity index (χ1) is 6.95. The summed E-state index contributed by atoms with van der Waals surface area (Å²) in [6.07, 6.45) is 5.31. The molecule has 0 spiro atoms. The van der Waals surface area contributed by atoms with E-state index in [2.05, 4.69) is 6.92 Å². The van der Waals surface area contributed by atoms with Crippen molar-refractivity contribution in [1.82, 2.24) is 0 Å². The zero-order valence-electron chi connectivity index (χ0n) is 10.5. The van der Waals surface area contributed by atoms with Gasteiger partial charge >= 0.3 is 6.16 Å². The summed E-state index contributed by atoms with van der Waals surface area (Å²) in [5.74, 6) is 0. The second kappa shape index (κ2) is 7.74. The van der Waals surface area contributed by atoms with Gasteiger partial charge in [-0.15, -0.1) is 0 Å². The van der Waals surface area contributed by atoms with Crippen LogP contribution in [0.3, 0.4) is 0 Å². The van der Waals surface area contributed by atoms with Crippen molar-refractivity contribution in [1.29, 1.82) is 0 Å². The third-order valence-electron chi connectivity index (χ3n) is 1.86. The van der Waals surface area contributed by atoms with Crippen LogP contribution in [0, 0.1) is 0 Å². The van der Waals surface area contributed by atoms with Crippen LogP contribution in [0.25, 0.3) is 0 Å². The highest BCUT2D eigenvalue weighted by Crippen LogP contribution is 2.06. The van der Waals surface area contributed by atoms with Crippen LogP contribution in [0.2, 0.25) is 19.6 Å². The molecule has 0 aliphatic heterocycles. The smallest absolute Gasteiger partial charge is 0.490 e. The van der Waals surface area contributed by atoms with Crippen LogP contribution in [0.15, 0.2) is 0 Å². The summed E-state index contributed by atoms with van der Waals surface area (Å²) in [7, 11) is -1.78. The summed E-state index contributed by atoms with van der Waals surface area (Å²) in [6.45, 7) is 8.58. The molecule has 0 N–H and O–H groups in total. The fraction of sp³-hybridized carbons (Fsp3) is 0.909. The summed E-state index contributed by atoms with van der Waals surface area (Å²) >= 11 is 0. The van der Waals surface area contributed by atoms with Crippen LogP contribution < -0.4 is 0 Å². The van der Waals surface area contributed by atoms with Crippen molar-refractivity contribution in [3.05, 3.63) is 0 Å². The van der Waals surface area contributed by atoms with Crippen molar-refractivity contribution in [3.63, 3.8) is 0 Å². The van der Waals surface area contributed by atoms with Gasteiger partial charge in [0.1, 0.15) is 0 Å². The van der Waals surface area contributed by atoms with Crippen molar-refractivity contribution >= 4 is 14.5 Å². The third kappa shape index (κ3) is 11.4. The van der Waals surface area contributed by atoms with Gasteiger partial charge in [-0.3, -0.25) is 0 Å². The lowest BCUT2D eigenvalue weighted by Crippen LogP contribution is -2.29. The molecule has 0 rings (SSSR count). The Kier molecular flexibility index (Phi) is 7.47. The minimum absolute atomic E-state index is 0.493. The second-order valence-electron chi connectivity index (χ2n) is 4.73. The molecule has 90 valence electrons. The quantitative estimate of drug-likeness (QED) is 0.379. The van der Waals surface area contributed by atoms with Gasteiger partial charge in [-0.25, -0.2) is 4.79 Å². The molecule has 0 atom stereocenters. The molecule has 0 aliphatic rings. The van der Waals surface area contributed by atoms with Crippen LogP contribution in [-0.4, -0.2) is 21.1 Å². The standard InChI is InChI=1S/C11H24O3Si/c1-5-6-7-8-9-10-13-11(12)14-15(2,3)4/h5-10H2,1-4H3. The lowest BCUT2D eigenvalue weighted by molar-refractivity contribution is 0.0953. The largest absolute Gasteiger partial charge is 0.494 e. The average Bonchev–Trinajstić information content (AvgIpc) is 2.08. The van der Waals surface area contributed by atoms with E-state index in [-0.39, 0.29) is 0 Å². The molecule has 0 amide bonds. The van der Waals surface area contributed by atoms with E-state index in [1.807, 2.05) is 19.6 Å². The van der Waals surface area contributed by atoms with E-state index in [0.29, 0.717) is 6.61 Å². The van der Waals surface area contributed by atoms with Gasteiger partial charge in [-0.1, -0.05) is 32.6 Å². The number of unbranched alkanes of at least 4 members (excludes halogenated alkanes) is 4. The molecule has 0 aliphatic carbocycles. The van der Waals surface area contributed by atoms with E-state index in [4.69, 9.17) is 9.16 Å². The van der Waals surface area contributed by atoms with Crippen LogP contribution in [0.1, 0.15) is 39.0 Å². The van der Waals surface area contributed by atoms with E-state index in [9.17, 15) is 4.79 Å². The molecule has 0 radical (unpaired) electrons. The number of carbonyl (C=O) groups excluding carboxylic acids is 1. The summed E-state index contributed by atoms with van der Waals surface area (Å²) in [5, 5.41) is 0. The molecule has 15 heavy (non-hydrogen) atoms. The lowest BCUT2D eigenvalue weighted by Gasteiger charge is -2.16. The van der Waals surface area contributed by atoms with Gasteiger partial charge in [0.15, 0.2) is 0 Å². The number of carbonyl (C=O) groups is 1. The SMILES string of the molecule is CCCCCCCOC(=O)O[Si](C)(C)C. The van der Waals surface area contributed by atoms with Gasteiger partial charge in [0.25, 0.3) is 8.32 Å². The molecule has 0 aromatic heterocycles. The van der Waals surface area contributed by atoms with Crippen LogP contribution >= 0.6 is 0 Å². The maximum atomic E-state index is 11.1. The molecule has 3 nitrogen and oxygen atoms in total. The normalized spacial score (nSPS) is 11.2. The Morgan fingerprint density at radius 3 is 2.20 bits per heavy atom. The highest BCUT2D eigenvalue weighted by Gasteiger charge is 2.20. The summed E-state index contributed by atoms with van der Waals surface area (Å²) in [6, 6.07) is 0. The number of rotatable bonds is 7. The summed E-state index contributed by atoms with van der Waals surface area (Å²) in [5.41, 5.74) is 0. The first-order valence-electron chi connectivity index (χ1n) is 5.81. The molecular formula is C11H24O3Si. The summed E-state index contributed by atoms with van der Waals surface area (Å²) < 4.78 is 10.1. The van der Waals surface area contributed by atoms with E-state index in [1.165, 1.54) is 19.3 Å². The van der Waals surface area contributed by atoms with Crippen molar-refractivity contribution in [3.8, 4) is 0 Å². The minimum atomic E-state index is -1.78. The van der Waals surface area contributed by atoms with E-state index in [1.54, 1.807) is 0 Å². The predicted molar refractivity (Wildman–Crippen MR) is 64.5 cm³/mol. The molecule has 0 aromatic carbocycles. The van der Waals surface area contributed by atoms with Crippen LogP contribution in [0.5, 0.6) is 0 Å². The number of hydrogen-bond donors (Lipinski definition) is 0. The molecular weight excluding hydrogens is 208 g/mol. The highest BCUT2D eigenvalue weighted by molar-refractivity contribution is 6.71. The predicted octanol–water partition coefficient (Wildman–Crippen LogP) is 3.94. The van der Waals surface area contributed by atoms with Gasteiger partial charge in [-0.2, -0.15) is 0 Å². The van der Waals surface area contributed by atoms with Crippen LogP contribution in [-0.2, 0) is 9.16 Å². The molecule has 0 unspecified atom stereocenters. The van der Waals surface area contributed by atoms with Crippen molar-refractivity contribution in [2.24, 2.45) is 0 Å². The Morgan fingerprint density at radius 1 is 1.07 bits per heavy atom. The van der Waals surface area contributed by atoms with Gasteiger partial charge in [0.2, 0.25) is 0 Å². The zero-order valence-corrected chi connectivity index (χ0v) is 11.5. The van der Waals surface area contributed by atoms with Gasteiger partial charge in [0, 0.05) is 0 Å². The van der Waals surface area contributed by atoms with E-state index >= 15 is 0 Å². The zero-order chi connectivity index (χ0) is 11.7. The molecule has 0 saturated heterocycles.